The minimum Gasteiger partial charge on any atom is -0.853 e. The fourth-order valence-corrected chi connectivity index (χ4v) is 0.407. The minimum atomic E-state index is -0.117. The van der Waals surface area contributed by atoms with Crippen LogP contribution in [-0.2, 0) is 26.3 Å². The van der Waals surface area contributed by atoms with Crippen LogP contribution < -0.4 is 10.2 Å². The molecule has 0 aliphatic carbocycles. The van der Waals surface area contributed by atoms with Crippen molar-refractivity contribution >= 4 is 0 Å². The van der Waals surface area contributed by atoms with Crippen LogP contribution >= 0.6 is 0 Å². The summed E-state index contributed by atoms with van der Waals surface area (Å²) in [5.74, 6) is 0. The van der Waals surface area contributed by atoms with E-state index in [9.17, 15) is 10.2 Å². The van der Waals surface area contributed by atoms with Crippen LogP contribution in [0.15, 0.2) is 0 Å². The largest absolute Gasteiger partial charge is 2.00 e. The van der Waals surface area contributed by atoms with E-state index in [1.807, 2.05) is 13.8 Å². The van der Waals surface area contributed by atoms with Crippen LogP contribution in [0.5, 0.6) is 0 Å². The Kier molecular flexibility index (Phi) is 33.4. The van der Waals surface area contributed by atoms with Crippen molar-refractivity contribution in [1.29, 1.82) is 0 Å². The average Bonchev–Trinajstić information content (AvgIpc) is 2.12. The molecule has 4 nitrogen and oxygen atoms in total. The van der Waals surface area contributed by atoms with E-state index in [0.29, 0.717) is 26.4 Å². The molecule has 0 N–H and O–H groups in total. The monoisotopic (exact) mass is 237 g/mol. The topological polar surface area (TPSA) is 64.6 Å². The summed E-state index contributed by atoms with van der Waals surface area (Å²) in [7, 11) is 0. The second-order valence-corrected chi connectivity index (χ2v) is 1.80. The summed E-state index contributed by atoms with van der Waals surface area (Å²) in [6.45, 7) is 5.53. The van der Waals surface area contributed by atoms with Crippen LogP contribution in [0.25, 0.3) is 0 Å². The molecule has 0 saturated carbocycles. The zero-order chi connectivity index (χ0) is 9.66. The van der Waals surface area contributed by atoms with Gasteiger partial charge in [0.1, 0.15) is 0 Å². The molecule has 13 heavy (non-hydrogen) atoms. The first-order chi connectivity index (χ1) is 5.83. The Hall–Kier alpha value is 0.346. The van der Waals surface area contributed by atoms with Crippen LogP contribution in [0, 0.1) is 0 Å². The minimum absolute atomic E-state index is 0. The molecule has 0 aliphatic rings. The van der Waals surface area contributed by atoms with Crippen molar-refractivity contribution in [2.75, 3.05) is 39.6 Å². The molecular weight excluding hydrogens is 219 g/mol. The molecule has 83 valence electrons. The second-order valence-electron chi connectivity index (χ2n) is 1.80. The summed E-state index contributed by atoms with van der Waals surface area (Å²) in [5, 5.41) is 19.1. The van der Waals surface area contributed by atoms with E-state index in [1.165, 1.54) is 0 Å². The fourth-order valence-electron chi connectivity index (χ4n) is 0.407. The maximum atomic E-state index is 9.56. The Balaban J connectivity index is -0.000000143. The average molecular weight is 237 g/mol. The van der Waals surface area contributed by atoms with E-state index in [2.05, 4.69) is 9.47 Å². The molecule has 0 rings (SSSR count). The van der Waals surface area contributed by atoms with Gasteiger partial charge in [-0.1, -0.05) is 0 Å². The van der Waals surface area contributed by atoms with Gasteiger partial charge in [-0.2, -0.15) is 0 Å². The van der Waals surface area contributed by atoms with Crippen molar-refractivity contribution in [3.8, 4) is 0 Å². The Bertz CT molecular complexity index is 48.1. The predicted octanol–water partition coefficient (Wildman–Crippen LogP) is -1.24. The molecule has 0 saturated heterocycles. The number of hydrogen-bond donors (Lipinski definition) is 0. The quantitative estimate of drug-likeness (QED) is 0.542. The summed E-state index contributed by atoms with van der Waals surface area (Å²) >= 11 is 0. The number of ether oxygens (including phenoxy) is 2. The van der Waals surface area contributed by atoms with Crippen LogP contribution in [0.2, 0.25) is 0 Å². The van der Waals surface area contributed by atoms with E-state index >= 15 is 0 Å². The summed E-state index contributed by atoms with van der Waals surface area (Å²) < 4.78 is 9.34. The van der Waals surface area contributed by atoms with Gasteiger partial charge in [-0.15, -0.1) is 13.2 Å². The van der Waals surface area contributed by atoms with Gasteiger partial charge in [0.05, 0.1) is 0 Å². The molecule has 0 aromatic rings. The summed E-state index contributed by atoms with van der Waals surface area (Å²) in [5.41, 5.74) is 0. The zero-order valence-electron chi connectivity index (χ0n) is 8.21. The maximum Gasteiger partial charge on any atom is 2.00 e. The van der Waals surface area contributed by atoms with Crippen LogP contribution in [-0.4, -0.2) is 39.6 Å². The molecule has 0 bridgehead atoms. The van der Waals surface area contributed by atoms with Gasteiger partial charge in [0.15, 0.2) is 0 Å². The SMILES string of the molecule is CCOCC[O-].CCOCC[O-].[Co+2]. The summed E-state index contributed by atoms with van der Waals surface area (Å²) in [6.07, 6.45) is 0. The van der Waals surface area contributed by atoms with Gasteiger partial charge in [0.2, 0.25) is 0 Å². The molecule has 0 heterocycles. The Morgan fingerprint density at radius 1 is 0.846 bits per heavy atom. The molecule has 0 aliphatic heterocycles. The molecule has 0 aromatic carbocycles. The number of hydrogen-bond acceptors (Lipinski definition) is 4. The van der Waals surface area contributed by atoms with Gasteiger partial charge < -0.3 is 19.7 Å². The van der Waals surface area contributed by atoms with E-state index in [0.717, 1.165) is 0 Å². The van der Waals surface area contributed by atoms with Crippen molar-refractivity contribution in [2.45, 2.75) is 13.8 Å². The van der Waals surface area contributed by atoms with E-state index in [1.54, 1.807) is 0 Å². The molecule has 0 spiro atoms. The van der Waals surface area contributed by atoms with Crippen molar-refractivity contribution in [1.82, 2.24) is 0 Å². The van der Waals surface area contributed by atoms with Gasteiger partial charge in [-0.05, 0) is 13.8 Å². The normalized spacial score (nSPS) is 8.31. The standard InChI is InChI=1S/2C4H9O2.Co/c2*1-2-6-4-3-5;/h2*2-4H2,1H3;/q2*-1;+2. The summed E-state index contributed by atoms with van der Waals surface area (Å²) in [4.78, 5) is 0. The molecular formula is C8H18CoO4. The summed E-state index contributed by atoms with van der Waals surface area (Å²) in [6, 6.07) is 0. The maximum absolute atomic E-state index is 9.56. The first-order valence-corrected chi connectivity index (χ1v) is 4.15. The molecule has 0 unspecified atom stereocenters. The van der Waals surface area contributed by atoms with Gasteiger partial charge in [-0.3, -0.25) is 0 Å². The van der Waals surface area contributed by atoms with E-state index in [-0.39, 0.29) is 30.0 Å². The molecule has 0 amide bonds. The Labute approximate surface area is 90.4 Å². The van der Waals surface area contributed by atoms with Gasteiger partial charge in [0.25, 0.3) is 0 Å². The fraction of sp³-hybridized carbons (Fsp3) is 1.00. The first-order valence-electron chi connectivity index (χ1n) is 4.15. The van der Waals surface area contributed by atoms with Crippen molar-refractivity contribution < 1.29 is 36.5 Å². The molecule has 5 heteroatoms. The predicted molar refractivity (Wildman–Crippen MR) is 42.7 cm³/mol. The van der Waals surface area contributed by atoms with E-state index < -0.39 is 0 Å². The number of rotatable bonds is 6. The molecule has 0 fully saturated rings. The zero-order valence-corrected chi connectivity index (χ0v) is 9.25. The third kappa shape index (κ3) is 32.8. The van der Waals surface area contributed by atoms with E-state index in [4.69, 9.17) is 0 Å². The smallest absolute Gasteiger partial charge is 0.853 e. The molecule has 1 radical (unpaired) electrons. The van der Waals surface area contributed by atoms with Crippen LogP contribution in [0.3, 0.4) is 0 Å². The van der Waals surface area contributed by atoms with Crippen LogP contribution in [0.4, 0.5) is 0 Å². The van der Waals surface area contributed by atoms with Gasteiger partial charge >= 0.3 is 16.8 Å². The molecule has 0 aromatic heterocycles. The molecule has 0 atom stereocenters. The van der Waals surface area contributed by atoms with Gasteiger partial charge in [0, 0.05) is 26.4 Å². The van der Waals surface area contributed by atoms with Crippen molar-refractivity contribution in [3.63, 3.8) is 0 Å². The van der Waals surface area contributed by atoms with Gasteiger partial charge in [-0.25, -0.2) is 0 Å². The third-order valence-electron chi connectivity index (χ3n) is 0.864. The van der Waals surface area contributed by atoms with Crippen molar-refractivity contribution in [3.05, 3.63) is 0 Å². The second kappa shape index (κ2) is 22.8. The van der Waals surface area contributed by atoms with Crippen LogP contribution in [0.1, 0.15) is 13.8 Å². The third-order valence-corrected chi connectivity index (χ3v) is 0.864. The van der Waals surface area contributed by atoms with Crippen molar-refractivity contribution in [2.24, 2.45) is 0 Å². The Morgan fingerprint density at radius 3 is 1.23 bits per heavy atom. The first kappa shape index (κ1) is 19.0. The Morgan fingerprint density at radius 2 is 1.15 bits per heavy atom.